The summed E-state index contributed by atoms with van der Waals surface area (Å²) in [7, 11) is 0. The van der Waals surface area contributed by atoms with Crippen LogP contribution >= 0.6 is 0 Å². The quantitative estimate of drug-likeness (QED) is 0.380. The highest BCUT2D eigenvalue weighted by atomic mass is 16.1. The van der Waals surface area contributed by atoms with Gasteiger partial charge in [-0.2, -0.15) is 0 Å². The van der Waals surface area contributed by atoms with Crippen molar-refractivity contribution < 1.29 is 0 Å². The second kappa shape index (κ2) is 9.60. The fraction of sp³-hybridized carbons (Fsp3) is 0.444. The van der Waals surface area contributed by atoms with Crippen LogP contribution in [0.1, 0.15) is 57.8 Å². The van der Waals surface area contributed by atoms with E-state index in [1.807, 2.05) is 33.5 Å². The maximum absolute atomic E-state index is 13.7. The third-order valence-corrected chi connectivity index (χ3v) is 7.41. The number of tetrazole rings is 1. The smallest absolute Gasteiger partial charge is 0.295 e. The van der Waals surface area contributed by atoms with Gasteiger partial charge in [0.1, 0.15) is 0 Å². The molecule has 3 heterocycles. The lowest BCUT2D eigenvalue weighted by atomic mass is 10.00. The molecule has 3 atom stereocenters. The summed E-state index contributed by atoms with van der Waals surface area (Å²) in [6.45, 7) is 9.48. The molecular formula is C27H33N7O. The summed E-state index contributed by atoms with van der Waals surface area (Å²) < 4.78 is 3.98. The molecule has 0 bridgehead atoms. The molecule has 1 fully saturated rings. The number of aryl methyl sites for hydroxylation is 1. The minimum atomic E-state index is 0.0964. The predicted octanol–water partition coefficient (Wildman–Crippen LogP) is 4.75. The number of aromatic amines is 1. The van der Waals surface area contributed by atoms with Crippen LogP contribution in [0.25, 0.3) is 22.5 Å². The zero-order chi connectivity index (χ0) is 24.5. The Morgan fingerprint density at radius 2 is 1.89 bits per heavy atom. The van der Waals surface area contributed by atoms with Gasteiger partial charge in [-0.3, -0.25) is 14.1 Å². The molecule has 35 heavy (non-hydrogen) atoms. The number of hydrogen-bond donors (Lipinski definition) is 1. The van der Waals surface area contributed by atoms with Gasteiger partial charge >= 0.3 is 5.69 Å². The lowest BCUT2D eigenvalue weighted by molar-refractivity contribution is 0.494. The molecule has 5 rings (SSSR count). The van der Waals surface area contributed by atoms with E-state index in [1.165, 1.54) is 0 Å². The summed E-state index contributed by atoms with van der Waals surface area (Å²) >= 11 is 0. The summed E-state index contributed by atoms with van der Waals surface area (Å²) in [5, 5.41) is 14.1. The molecule has 3 aromatic heterocycles. The first-order valence-electron chi connectivity index (χ1n) is 12.6. The van der Waals surface area contributed by atoms with Gasteiger partial charge in [-0.15, -0.1) is 5.10 Å². The summed E-state index contributed by atoms with van der Waals surface area (Å²) in [4.78, 5) is 18.1. The van der Waals surface area contributed by atoms with Gasteiger partial charge in [0, 0.05) is 35.9 Å². The van der Waals surface area contributed by atoms with Gasteiger partial charge in [-0.05, 0) is 63.8 Å². The number of pyridine rings is 1. The molecule has 182 valence electrons. The molecule has 4 aromatic rings. The molecule has 8 heteroatoms. The van der Waals surface area contributed by atoms with Crippen molar-refractivity contribution in [1.82, 2.24) is 34.7 Å². The lowest BCUT2D eigenvalue weighted by Gasteiger charge is -2.12. The molecule has 8 nitrogen and oxygen atoms in total. The molecule has 0 amide bonds. The molecule has 0 spiro atoms. The van der Waals surface area contributed by atoms with Crippen molar-refractivity contribution >= 4 is 0 Å². The van der Waals surface area contributed by atoms with E-state index in [2.05, 4.69) is 71.6 Å². The topological polar surface area (TPSA) is 94.3 Å². The number of nitrogens with zero attached hydrogens (tertiary/aromatic N) is 6. The fourth-order valence-electron chi connectivity index (χ4n) is 5.49. The van der Waals surface area contributed by atoms with Gasteiger partial charge in [0.2, 0.25) is 0 Å². The highest BCUT2D eigenvalue weighted by molar-refractivity contribution is 5.69. The second-order valence-corrected chi connectivity index (χ2v) is 10.0. The number of unbranched alkanes of at least 4 members (excludes halogenated alkanes) is 1. The van der Waals surface area contributed by atoms with Crippen LogP contribution in [0.15, 0.2) is 53.7 Å². The summed E-state index contributed by atoms with van der Waals surface area (Å²) in [5.74, 6) is 2.31. The van der Waals surface area contributed by atoms with E-state index in [0.29, 0.717) is 36.2 Å². The molecule has 1 N–H and O–H groups in total. The van der Waals surface area contributed by atoms with Crippen LogP contribution in [0.4, 0.5) is 0 Å². The Morgan fingerprint density at radius 3 is 2.54 bits per heavy atom. The number of hydrogen-bond acceptors (Lipinski definition) is 5. The molecule has 1 saturated carbocycles. The highest BCUT2D eigenvalue weighted by Gasteiger charge is 2.50. The van der Waals surface area contributed by atoms with E-state index >= 15 is 0 Å². The zero-order valence-electron chi connectivity index (χ0n) is 20.8. The van der Waals surface area contributed by atoms with E-state index in [4.69, 9.17) is 0 Å². The fourth-order valence-corrected chi connectivity index (χ4v) is 5.49. The van der Waals surface area contributed by atoms with Crippen molar-refractivity contribution in [2.75, 3.05) is 0 Å². The third kappa shape index (κ3) is 4.45. The van der Waals surface area contributed by atoms with E-state index < -0.39 is 0 Å². The summed E-state index contributed by atoms with van der Waals surface area (Å²) in [6.07, 6.45) is 8.87. The average Bonchev–Trinajstić information content (AvgIpc) is 3.18. The first kappa shape index (κ1) is 23.2. The van der Waals surface area contributed by atoms with Gasteiger partial charge in [-0.1, -0.05) is 58.4 Å². The minimum Gasteiger partial charge on any atom is -0.295 e. The van der Waals surface area contributed by atoms with E-state index in [-0.39, 0.29) is 5.69 Å². The average molecular weight is 472 g/mol. The minimum absolute atomic E-state index is 0.0964. The molecule has 3 unspecified atom stereocenters. The first-order valence-corrected chi connectivity index (χ1v) is 12.6. The highest BCUT2D eigenvalue weighted by Crippen LogP contribution is 2.53. The van der Waals surface area contributed by atoms with Crippen molar-refractivity contribution in [2.24, 2.45) is 17.8 Å². The number of H-pyrrole nitrogens is 1. The molecule has 0 saturated heterocycles. The first-order chi connectivity index (χ1) is 17.0. The van der Waals surface area contributed by atoms with Crippen LogP contribution in [0.2, 0.25) is 0 Å². The Kier molecular flexibility index (Phi) is 6.36. The van der Waals surface area contributed by atoms with Gasteiger partial charge < -0.3 is 0 Å². The maximum Gasteiger partial charge on any atom is 0.328 e. The van der Waals surface area contributed by atoms with Crippen molar-refractivity contribution in [3.63, 3.8) is 0 Å². The molecule has 0 radical (unpaired) electrons. The van der Waals surface area contributed by atoms with Crippen molar-refractivity contribution in [2.45, 2.75) is 59.5 Å². The summed E-state index contributed by atoms with van der Waals surface area (Å²) in [5.41, 5.74) is 5.30. The lowest BCUT2D eigenvalue weighted by Crippen LogP contribution is -2.26. The van der Waals surface area contributed by atoms with Crippen LogP contribution in [-0.2, 0) is 13.0 Å². The largest absolute Gasteiger partial charge is 0.328 e. The van der Waals surface area contributed by atoms with Crippen LogP contribution < -0.4 is 5.69 Å². The number of aromatic nitrogens is 7. The Balaban J connectivity index is 1.48. The van der Waals surface area contributed by atoms with Crippen molar-refractivity contribution in [1.29, 1.82) is 0 Å². The zero-order valence-corrected chi connectivity index (χ0v) is 20.8. The van der Waals surface area contributed by atoms with Crippen molar-refractivity contribution in [3.8, 4) is 22.5 Å². The van der Waals surface area contributed by atoms with Gasteiger partial charge in [0.05, 0.1) is 6.54 Å². The Labute approximate surface area is 205 Å². The van der Waals surface area contributed by atoms with E-state index in [1.54, 1.807) is 6.20 Å². The third-order valence-electron chi connectivity index (χ3n) is 7.41. The molecule has 1 aliphatic rings. The monoisotopic (exact) mass is 471 g/mol. The maximum atomic E-state index is 13.7. The van der Waals surface area contributed by atoms with Crippen LogP contribution in [0, 0.1) is 17.8 Å². The van der Waals surface area contributed by atoms with Gasteiger partial charge in [0.25, 0.3) is 0 Å². The Morgan fingerprint density at radius 1 is 1.11 bits per heavy atom. The van der Waals surface area contributed by atoms with Crippen molar-refractivity contribution in [3.05, 3.63) is 70.7 Å². The summed E-state index contributed by atoms with van der Waals surface area (Å²) in [6, 6.07) is 10.4. The molecule has 1 aliphatic carbocycles. The number of benzene rings is 1. The van der Waals surface area contributed by atoms with E-state index in [9.17, 15) is 4.79 Å². The molecule has 0 aliphatic heterocycles. The Bertz CT molecular complexity index is 1330. The normalized spacial score (nSPS) is 19.4. The van der Waals surface area contributed by atoms with Crippen LogP contribution in [0.3, 0.4) is 0 Å². The second-order valence-electron chi connectivity index (χ2n) is 10.0. The molecule has 1 aromatic carbocycles. The van der Waals surface area contributed by atoms with Crippen LogP contribution in [-0.4, -0.2) is 34.7 Å². The standard InChI is InChI=1S/C27H33N7O/c1-5-6-7-22-16-34(25-18(4)24(25)17(2)3)27(35)33(22)15-21-14-28-13-12-23(21)19-8-10-20(11-9-19)26-29-31-32-30-26/h8-14,16-18,24-25H,5-7,15H2,1-4H3,(H,29,30,31,32). The predicted molar refractivity (Wildman–Crippen MR) is 136 cm³/mol. The SMILES string of the molecule is CCCCc1cn(C2C(C)C2C(C)C)c(=O)n1Cc1cnccc1-c1ccc(-c2nnn[nH]2)cc1. The Hall–Kier alpha value is -3.55. The number of nitrogens with one attached hydrogen (secondary N) is 1. The van der Waals surface area contributed by atoms with E-state index in [0.717, 1.165) is 47.2 Å². The van der Waals surface area contributed by atoms with Gasteiger partial charge in [-0.25, -0.2) is 9.89 Å². The number of imidazole rings is 1. The van der Waals surface area contributed by atoms with Crippen LogP contribution in [0.5, 0.6) is 0 Å². The van der Waals surface area contributed by atoms with Gasteiger partial charge in [0.15, 0.2) is 5.82 Å². The molecular weight excluding hydrogens is 438 g/mol. The number of rotatable bonds is 9.